The van der Waals surface area contributed by atoms with E-state index in [0.29, 0.717) is 0 Å². The summed E-state index contributed by atoms with van der Waals surface area (Å²) >= 11 is 0. The Labute approximate surface area is 110 Å². The summed E-state index contributed by atoms with van der Waals surface area (Å²) < 4.78 is 0. The molecule has 2 aliphatic rings. The van der Waals surface area contributed by atoms with Crippen molar-refractivity contribution in [3.05, 3.63) is 29.3 Å². The van der Waals surface area contributed by atoms with Gasteiger partial charge in [0.2, 0.25) is 0 Å². The Hall–Kier alpha value is -1.02. The van der Waals surface area contributed by atoms with Crippen molar-refractivity contribution in [2.75, 3.05) is 11.9 Å². The van der Waals surface area contributed by atoms with Gasteiger partial charge in [0.1, 0.15) is 0 Å². The monoisotopic (exact) mass is 244 g/mol. The molecule has 1 fully saturated rings. The zero-order chi connectivity index (χ0) is 12.4. The van der Waals surface area contributed by atoms with Crippen LogP contribution in [0.15, 0.2) is 18.2 Å². The highest BCUT2D eigenvalue weighted by atomic mass is 14.9. The van der Waals surface area contributed by atoms with Crippen LogP contribution in [-0.4, -0.2) is 12.6 Å². The Morgan fingerprint density at radius 3 is 3.11 bits per heavy atom. The van der Waals surface area contributed by atoms with Crippen molar-refractivity contribution in [2.45, 2.75) is 51.6 Å². The van der Waals surface area contributed by atoms with Crippen molar-refractivity contribution >= 4 is 5.69 Å². The van der Waals surface area contributed by atoms with Crippen molar-refractivity contribution in [3.63, 3.8) is 0 Å². The number of benzene rings is 1. The molecule has 1 saturated carbocycles. The third-order valence-electron chi connectivity index (χ3n) is 4.40. The summed E-state index contributed by atoms with van der Waals surface area (Å²) in [5.41, 5.74) is 4.29. The van der Waals surface area contributed by atoms with Crippen LogP contribution >= 0.6 is 0 Å². The van der Waals surface area contributed by atoms with Gasteiger partial charge in [-0.15, -0.1) is 0 Å². The average Bonchev–Trinajstić information content (AvgIpc) is 2.82. The topological polar surface area (TPSA) is 24.1 Å². The van der Waals surface area contributed by atoms with Gasteiger partial charge in [0, 0.05) is 24.8 Å². The van der Waals surface area contributed by atoms with Gasteiger partial charge in [-0.25, -0.2) is 0 Å². The fourth-order valence-electron chi connectivity index (χ4n) is 3.29. The maximum absolute atomic E-state index is 3.71. The first-order valence-corrected chi connectivity index (χ1v) is 7.40. The number of aryl methyl sites for hydroxylation is 1. The highest BCUT2D eigenvalue weighted by Crippen LogP contribution is 2.26. The lowest BCUT2D eigenvalue weighted by atomic mass is 10.0. The maximum atomic E-state index is 3.71. The van der Waals surface area contributed by atoms with E-state index >= 15 is 0 Å². The number of anilines is 1. The van der Waals surface area contributed by atoms with Crippen LogP contribution in [-0.2, 0) is 13.0 Å². The van der Waals surface area contributed by atoms with Gasteiger partial charge in [-0.1, -0.05) is 19.1 Å². The molecule has 0 amide bonds. The van der Waals surface area contributed by atoms with Crippen molar-refractivity contribution in [3.8, 4) is 0 Å². The molecule has 98 valence electrons. The van der Waals surface area contributed by atoms with E-state index in [-0.39, 0.29) is 0 Å². The molecule has 0 aromatic heterocycles. The Morgan fingerprint density at radius 1 is 1.33 bits per heavy atom. The summed E-state index contributed by atoms with van der Waals surface area (Å²) in [5, 5.41) is 7.19. The SMILES string of the molecule is CC1CCC(NCc2ccc3c(c2)CCCN3)C1. The summed E-state index contributed by atoms with van der Waals surface area (Å²) in [6.07, 6.45) is 6.60. The predicted molar refractivity (Wildman–Crippen MR) is 76.9 cm³/mol. The van der Waals surface area contributed by atoms with Crippen molar-refractivity contribution < 1.29 is 0 Å². The number of hydrogen-bond donors (Lipinski definition) is 2. The lowest BCUT2D eigenvalue weighted by Gasteiger charge is -2.19. The van der Waals surface area contributed by atoms with E-state index in [4.69, 9.17) is 0 Å². The largest absolute Gasteiger partial charge is 0.385 e. The van der Waals surface area contributed by atoms with Crippen molar-refractivity contribution in [1.29, 1.82) is 0 Å². The van der Waals surface area contributed by atoms with Crippen LogP contribution in [0, 0.1) is 5.92 Å². The van der Waals surface area contributed by atoms with Gasteiger partial charge < -0.3 is 10.6 Å². The Bertz CT molecular complexity index is 414. The fraction of sp³-hybridized carbons (Fsp3) is 0.625. The lowest BCUT2D eigenvalue weighted by molar-refractivity contribution is 0.502. The van der Waals surface area contributed by atoms with Crippen molar-refractivity contribution in [2.24, 2.45) is 5.92 Å². The molecule has 0 bridgehead atoms. The smallest absolute Gasteiger partial charge is 0.0372 e. The van der Waals surface area contributed by atoms with Crippen LogP contribution in [0.1, 0.15) is 43.7 Å². The predicted octanol–water partition coefficient (Wildman–Crippen LogP) is 3.32. The number of nitrogens with one attached hydrogen (secondary N) is 2. The zero-order valence-electron chi connectivity index (χ0n) is 11.3. The number of fused-ring (bicyclic) bond motifs is 1. The maximum Gasteiger partial charge on any atom is 0.0372 e. The molecular weight excluding hydrogens is 220 g/mol. The minimum Gasteiger partial charge on any atom is -0.385 e. The molecule has 1 aromatic rings. The molecule has 2 unspecified atom stereocenters. The molecule has 1 aromatic carbocycles. The van der Waals surface area contributed by atoms with Gasteiger partial charge in [0.05, 0.1) is 0 Å². The molecule has 18 heavy (non-hydrogen) atoms. The molecule has 1 heterocycles. The molecule has 2 N–H and O–H groups in total. The van der Waals surface area contributed by atoms with Gasteiger partial charge in [-0.2, -0.15) is 0 Å². The first kappa shape index (κ1) is 12.0. The normalized spacial score (nSPS) is 26.7. The molecule has 3 rings (SSSR count). The highest BCUT2D eigenvalue weighted by molar-refractivity contribution is 5.54. The quantitative estimate of drug-likeness (QED) is 0.852. The summed E-state index contributed by atoms with van der Waals surface area (Å²) in [5.74, 6) is 0.912. The van der Waals surface area contributed by atoms with Crippen LogP contribution < -0.4 is 10.6 Å². The van der Waals surface area contributed by atoms with E-state index in [1.807, 2.05) is 0 Å². The molecule has 2 heteroatoms. The van der Waals surface area contributed by atoms with Crippen LogP contribution in [0.2, 0.25) is 0 Å². The zero-order valence-corrected chi connectivity index (χ0v) is 11.3. The second-order valence-electron chi connectivity index (χ2n) is 6.02. The molecule has 0 spiro atoms. The molecule has 1 aliphatic carbocycles. The Morgan fingerprint density at radius 2 is 2.28 bits per heavy atom. The van der Waals surface area contributed by atoms with Crippen LogP contribution in [0.3, 0.4) is 0 Å². The summed E-state index contributed by atoms with van der Waals surface area (Å²) in [6.45, 7) is 4.53. The first-order chi connectivity index (χ1) is 8.81. The minimum absolute atomic E-state index is 0.745. The van der Waals surface area contributed by atoms with E-state index in [2.05, 4.69) is 35.8 Å². The average molecular weight is 244 g/mol. The summed E-state index contributed by atoms with van der Waals surface area (Å²) in [6, 6.07) is 7.65. The molecule has 0 radical (unpaired) electrons. The molecular formula is C16H24N2. The van der Waals surface area contributed by atoms with E-state index < -0.39 is 0 Å². The second kappa shape index (κ2) is 5.31. The lowest BCUT2D eigenvalue weighted by Crippen LogP contribution is -2.26. The second-order valence-corrected chi connectivity index (χ2v) is 6.02. The van der Waals surface area contributed by atoms with E-state index in [9.17, 15) is 0 Å². The molecule has 2 nitrogen and oxygen atoms in total. The van der Waals surface area contributed by atoms with Crippen molar-refractivity contribution in [1.82, 2.24) is 5.32 Å². The van der Waals surface area contributed by atoms with Crippen LogP contribution in [0.4, 0.5) is 5.69 Å². The summed E-state index contributed by atoms with van der Waals surface area (Å²) in [7, 11) is 0. The van der Waals surface area contributed by atoms with Gasteiger partial charge in [-0.05, 0) is 55.2 Å². The summed E-state index contributed by atoms with van der Waals surface area (Å²) in [4.78, 5) is 0. The fourth-order valence-corrected chi connectivity index (χ4v) is 3.29. The molecule has 1 aliphatic heterocycles. The number of hydrogen-bond acceptors (Lipinski definition) is 2. The Kier molecular flexibility index (Phi) is 3.55. The standard InChI is InChI=1S/C16H24N2/c1-12-4-6-15(9-12)18-11-13-5-7-16-14(10-13)3-2-8-17-16/h5,7,10,12,15,17-18H,2-4,6,8-9,11H2,1H3. The van der Waals surface area contributed by atoms with Gasteiger partial charge in [0.15, 0.2) is 0 Å². The van der Waals surface area contributed by atoms with E-state index in [1.165, 1.54) is 48.9 Å². The van der Waals surface area contributed by atoms with Gasteiger partial charge in [-0.3, -0.25) is 0 Å². The number of rotatable bonds is 3. The third kappa shape index (κ3) is 2.69. The van der Waals surface area contributed by atoms with E-state index in [0.717, 1.165) is 25.0 Å². The molecule has 0 saturated heterocycles. The molecule has 2 atom stereocenters. The van der Waals surface area contributed by atoms with Crippen LogP contribution in [0.5, 0.6) is 0 Å². The first-order valence-electron chi connectivity index (χ1n) is 7.40. The minimum atomic E-state index is 0.745. The van der Waals surface area contributed by atoms with Gasteiger partial charge >= 0.3 is 0 Å². The van der Waals surface area contributed by atoms with Gasteiger partial charge in [0.25, 0.3) is 0 Å². The van der Waals surface area contributed by atoms with Crippen LogP contribution in [0.25, 0.3) is 0 Å². The third-order valence-corrected chi connectivity index (χ3v) is 4.40. The van der Waals surface area contributed by atoms with E-state index in [1.54, 1.807) is 0 Å². The highest BCUT2D eigenvalue weighted by Gasteiger charge is 2.20. The Balaban J connectivity index is 1.59.